The van der Waals surface area contributed by atoms with Gasteiger partial charge in [0.15, 0.2) is 0 Å². The molecule has 0 saturated heterocycles. The molecule has 4 aromatic rings. The molecule has 0 radical (unpaired) electrons. The van der Waals surface area contributed by atoms with Crippen LogP contribution in [-0.2, 0) is 4.79 Å². The average molecular weight is 464 g/mol. The zero-order valence-corrected chi connectivity index (χ0v) is 19.5. The quantitative estimate of drug-likeness (QED) is 0.379. The third-order valence-corrected chi connectivity index (χ3v) is 5.92. The summed E-state index contributed by atoms with van der Waals surface area (Å²) in [5.41, 5.74) is 3.54. The van der Waals surface area contributed by atoms with E-state index in [0.29, 0.717) is 16.5 Å². The Hall–Kier alpha value is -3.51. The van der Waals surface area contributed by atoms with Crippen LogP contribution in [0.4, 0.5) is 0 Å². The van der Waals surface area contributed by atoms with Crippen molar-refractivity contribution in [2.24, 2.45) is 0 Å². The summed E-state index contributed by atoms with van der Waals surface area (Å²) in [7, 11) is 3.21. The van der Waals surface area contributed by atoms with Gasteiger partial charge < -0.3 is 19.2 Å². The van der Waals surface area contributed by atoms with Crippen LogP contribution in [0.1, 0.15) is 42.1 Å². The van der Waals surface area contributed by atoms with Crippen LogP contribution in [0.25, 0.3) is 5.65 Å². The lowest BCUT2D eigenvalue weighted by molar-refractivity contribution is -0.122. The number of ether oxygens (including phenoxy) is 2. The highest BCUT2D eigenvalue weighted by Gasteiger charge is 2.24. The van der Waals surface area contributed by atoms with Gasteiger partial charge in [-0.05, 0) is 42.3 Å². The molecule has 2 aromatic carbocycles. The maximum absolute atomic E-state index is 13.2. The van der Waals surface area contributed by atoms with Crippen LogP contribution in [0.5, 0.6) is 11.5 Å². The van der Waals surface area contributed by atoms with Crippen molar-refractivity contribution in [3.05, 3.63) is 94.9 Å². The number of imidazole rings is 1. The van der Waals surface area contributed by atoms with Crippen LogP contribution in [0.2, 0.25) is 5.02 Å². The molecule has 0 spiro atoms. The molecular weight excluding hydrogens is 438 g/mol. The number of hydrogen-bond acceptors (Lipinski definition) is 4. The number of fused-ring (bicyclic) bond motifs is 1. The van der Waals surface area contributed by atoms with Crippen molar-refractivity contribution < 1.29 is 14.3 Å². The summed E-state index contributed by atoms with van der Waals surface area (Å²) >= 11 is 6.27. The molecule has 4 rings (SSSR count). The predicted molar refractivity (Wildman–Crippen MR) is 129 cm³/mol. The molecule has 0 fully saturated rings. The Balaban J connectivity index is 1.71. The molecule has 2 heterocycles. The van der Waals surface area contributed by atoms with E-state index in [-0.39, 0.29) is 24.3 Å². The number of hydrogen-bond donors (Lipinski definition) is 1. The first-order valence-electron chi connectivity index (χ1n) is 10.7. The van der Waals surface area contributed by atoms with Crippen LogP contribution in [0.15, 0.2) is 73.1 Å². The Morgan fingerprint density at radius 3 is 2.39 bits per heavy atom. The van der Waals surface area contributed by atoms with Gasteiger partial charge in [-0.1, -0.05) is 41.9 Å². The molecule has 0 aliphatic rings. The molecule has 6 nitrogen and oxygen atoms in total. The van der Waals surface area contributed by atoms with Gasteiger partial charge >= 0.3 is 0 Å². The van der Waals surface area contributed by atoms with Crippen LogP contribution < -0.4 is 14.8 Å². The summed E-state index contributed by atoms with van der Waals surface area (Å²) in [6.07, 6.45) is 3.82. The van der Waals surface area contributed by atoms with Gasteiger partial charge in [0, 0.05) is 30.8 Å². The average Bonchev–Trinajstić information content (AvgIpc) is 3.25. The number of nitrogens with zero attached hydrogens (tertiary/aromatic N) is 2. The standard InChI is InChI=1S/C26H26ClN3O3/c1-17(18-7-5-4-6-8-18)29-26(31)14-23(19-11-21(32-2)13-22(12-19)33-3)24-15-28-25-10-9-20(27)16-30(24)25/h4-13,15-17,23H,14H2,1-3H3,(H,29,31). The summed E-state index contributed by atoms with van der Waals surface area (Å²) < 4.78 is 12.9. The minimum atomic E-state index is -0.301. The third kappa shape index (κ3) is 5.12. The van der Waals surface area contributed by atoms with Crippen molar-refractivity contribution in [3.63, 3.8) is 0 Å². The van der Waals surface area contributed by atoms with Crippen molar-refractivity contribution in [2.75, 3.05) is 14.2 Å². The predicted octanol–water partition coefficient (Wildman–Crippen LogP) is 5.40. The Bertz CT molecular complexity index is 1230. The van der Waals surface area contributed by atoms with Gasteiger partial charge in [-0.25, -0.2) is 4.98 Å². The first-order valence-corrected chi connectivity index (χ1v) is 11.1. The maximum Gasteiger partial charge on any atom is 0.221 e. The molecule has 2 atom stereocenters. The number of methoxy groups -OCH3 is 2. The number of halogens is 1. The molecule has 7 heteroatoms. The van der Waals surface area contributed by atoms with Crippen LogP contribution in [0, 0.1) is 0 Å². The van der Waals surface area contributed by atoms with E-state index in [9.17, 15) is 4.79 Å². The second-order valence-corrected chi connectivity index (χ2v) is 8.30. The number of rotatable bonds is 8. The lowest BCUT2D eigenvalue weighted by Gasteiger charge is -2.21. The second-order valence-electron chi connectivity index (χ2n) is 7.86. The Morgan fingerprint density at radius 2 is 1.73 bits per heavy atom. The smallest absolute Gasteiger partial charge is 0.221 e. The molecule has 33 heavy (non-hydrogen) atoms. The van der Waals surface area contributed by atoms with Gasteiger partial charge in [0.2, 0.25) is 5.91 Å². The van der Waals surface area contributed by atoms with Gasteiger partial charge in [-0.3, -0.25) is 4.79 Å². The lowest BCUT2D eigenvalue weighted by atomic mass is 9.91. The third-order valence-electron chi connectivity index (χ3n) is 5.70. The van der Waals surface area contributed by atoms with Gasteiger partial charge in [0.25, 0.3) is 0 Å². The Morgan fingerprint density at radius 1 is 1.03 bits per heavy atom. The number of nitrogens with one attached hydrogen (secondary N) is 1. The fourth-order valence-electron chi connectivity index (χ4n) is 3.97. The van der Waals surface area contributed by atoms with Crippen molar-refractivity contribution in [1.29, 1.82) is 0 Å². The van der Waals surface area contributed by atoms with Gasteiger partial charge in [0.1, 0.15) is 17.1 Å². The number of carbonyl (C=O) groups is 1. The highest BCUT2D eigenvalue weighted by Crippen LogP contribution is 2.34. The SMILES string of the molecule is COc1cc(OC)cc(C(CC(=O)NC(C)c2ccccc2)c2cnc3ccc(Cl)cn23)c1. The van der Waals surface area contributed by atoms with Crippen molar-refractivity contribution in [2.45, 2.75) is 25.3 Å². The molecule has 2 aromatic heterocycles. The van der Waals surface area contributed by atoms with E-state index in [1.54, 1.807) is 26.5 Å². The number of pyridine rings is 1. The fourth-order valence-corrected chi connectivity index (χ4v) is 4.13. The van der Waals surface area contributed by atoms with E-state index in [0.717, 1.165) is 22.5 Å². The summed E-state index contributed by atoms with van der Waals surface area (Å²) in [6, 6.07) is 19.1. The first kappa shape index (κ1) is 22.7. The molecule has 170 valence electrons. The largest absolute Gasteiger partial charge is 0.497 e. The molecule has 0 saturated carbocycles. The highest BCUT2D eigenvalue weighted by atomic mass is 35.5. The van der Waals surface area contributed by atoms with Crippen LogP contribution >= 0.6 is 11.6 Å². The molecule has 0 aliphatic heterocycles. The minimum absolute atomic E-state index is 0.0740. The van der Waals surface area contributed by atoms with Crippen molar-refractivity contribution in [3.8, 4) is 11.5 Å². The minimum Gasteiger partial charge on any atom is -0.497 e. The summed E-state index contributed by atoms with van der Waals surface area (Å²) in [4.78, 5) is 17.7. The molecule has 1 amide bonds. The number of carbonyl (C=O) groups excluding carboxylic acids is 1. The van der Waals surface area contributed by atoms with Crippen LogP contribution in [0.3, 0.4) is 0 Å². The molecule has 0 aliphatic carbocycles. The summed E-state index contributed by atoms with van der Waals surface area (Å²) in [5.74, 6) is 0.930. The monoisotopic (exact) mass is 463 g/mol. The van der Waals surface area contributed by atoms with E-state index in [4.69, 9.17) is 21.1 Å². The Labute approximate surface area is 198 Å². The van der Waals surface area contributed by atoms with E-state index in [2.05, 4.69) is 10.3 Å². The lowest BCUT2D eigenvalue weighted by Crippen LogP contribution is -2.28. The second kappa shape index (κ2) is 9.96. The van der Waals surface area contributed by atoms with Gasteiger partial charge in [-0.15, -0.1) is 0 Å². The molecule has 1 N–H and O–H groups in total. The molecular formula is C26H26ClN3O3. The topological polar surface area (TPSA) is 64.9 Å². The molecule has 2 unspecified atom stereocenters. The number of amides is 1. The zero-order chi connectivity index (χ0) is 23.4. The Kier molecular flexibility index (Phi) is 6.84. The molecule has 0 bridgehead atoms. The summed E-state index contributed by atoms with van der Waals surface area (Å²) in [5, 5.41) is 3.71. The summed E-state index contributed by atoms with van der Waals surface area (Å²) in [6.45, 7) is 1.98. The number of benzene rings is 2. The fraction of sp³-hybridized carbons (Fsp3) is 0.231. The van der Waals surface area contributed by atoms with Crippen molar-refractivity contribution >= 4 is 23.2 Å². The normalized spacial score (nSPS) is 12.8. The highest BCUT2D eigenvalue weighted by molar-refractivity contribution is 6.30. The first-order chi connectivity index (χ1) is 16.0. The zero-order valence-electron chi connectivity index (χ0n) is 18.8. The van der Waals surface area contributed by atoms with E-state index in [1.807, 2.05) is 72.1 Å². The van der Waals surface area contributed by atoms with Gasteiger partial charge in [0.05, 0.1) is 31.0 Å². The number of aromatic nitrogens is 2. The van der Waals surface area contributed by atoms with E-state index >= 15 is 0 Å². The van der Waals surface area contributed by atoms with E-state index in [1.165, 1.54) is 0 Å². The van der Waals surface area contributed by atoms with Crippen molar-refractivity contribution in [1.82, 2.24) is 14.7 Å². The van der Waals surface area contributed by atoms with Crippen LogP contribution in [-0.4, -0.2) is 29.5 Å². The van der Waals surface area contributed by atoms with E-state index < -0.39 is 0 Å². The van der Waals surface area contributed by atoms with Gasteiger partial charge in [-0.2, -0.15) is 0 Å². The maximum atomic E-state index is 13.2.